The van der Waals surface area contributed by atoms with E-state index in [2.05, 4.69) is 37.3 Å². The molecule has 0 fully saturated rings. The highest BCUT2D eigenvalue weighted by molar-refractivity contribution is 7.80. The molecule has 3 nitrogen and oxygen atoms in total. The fraction of sp³-hybridized carbons (Fsp3) is 0.429. The van der Waals surface area contributed by atoms with Crippen LogP contribution >= 0.6 is 12.2 Å². The summed E-state index contributed by atoms with van der Waals surface area (Å²) in [6.07, 6.45) is 2.05. The number of aromatic nitrogens is 2. The lowest BCUT2D eigenvalue weighted by atomic mass is 10.00. The minimum atomic E-state index is 0.0371. The summed E-state index contributed by atoms with van der Waals surface area (Å²) in [7, 11) is 0. The van der Waals surface area contributed by atoms with Gasteiger partial charge in [0, 0.05) is 12.1 Å². The Balaban J connectivity index is 2.74. The zero-order valence-corrected chi connectivity index (χ0v) is 12.1. The Morgan fingerprint density at radius 1 is 1.39 bits per heavy atom. The summed E-state index contributed by atoms with van der Waals surface area (Å²) in [4.78, 5) is 5.24. The topological polar surface area (TPSA) is 43.3 Å². The van der Waals surface area contributed by atoms with Gasteiger partial charge in [-0.3, -0.25) is 0 Å². The summed E-state index contributed by atoms with van der Waals surface area (Å²) in [5.74, 6) is 0.395. The first-order valence-corrected chi connectivity index (χ1v) is 6.60. The minimum Gasteiger partial charge on any atom is -0.393 e. The zero-order valence-electron chi connectivity index (χ0n) is 11.3. The van der Waals surface area contributed by atoms with Crippen LogP contribution in [0.5, 0.6) is 0 Å². The first-order chi connectivity index (χ1) is 8.41. The molecular weight excluding hydrogens is 242 g/mol. The highest BCUT2D eigenvalue weighted by Crippen LogP contribution is 2.27. The van der Waals surface area contributed by atoms with E-state index in [1.165, 1.54) is 5.56 Å². The Hall–Kier alpha value is -1.42. The Morgan fingerprint density at radius 2 is 2.06 bits per heavy atom. The molecule has 1 unspecified atom stereocenters. The fourth-order valence-electron chi connectivity index (χ4n) is 2.17. The number of imidazole rings is 1. The van der Waals surface area contributed by atoms with Gasteiger partial charge in [0.05, 0.1) is 16.4 Å². The molecule has 0 radical (unpaired) electrons. The third kappa shape index (κ3) is 2.12. The normalized spacial score (nSPS) is 13.2. The van der Waals surface area contributed by atoms with Gasteiger partial charge in [-0.15, -0.1) is 0 Å². The first-order valence-electron chi connectivity index (χ1n) is 6.19. The van der Waals surface area contributed by atoms with Crippen molar-refractivity contribution in [2.45, 2.75) is 39.5 Å². The summed E-state index contributed by atoms with van der Waals surface area (Å²) in [6, 6.07) is 4.16. The maximum Gasteiger partial charge on any atom is 0.137 e. The number of pyridine rings is 1. The van der Waals surface area contributed by atoms with E-state index in [1.54, 1.807) is 0 Å². The van der Waals surface area contributed by atoms with Crippen molar-refractivity contribution in [2.24, 2.45) is 5.73 Å². The quantitative estimate of drug-likeness (QED) is 0.863. The van der Waals surface area contributed by atoms with Gasteiger partial charge in [0.1, 0.15) is 5.65 Å². The van der Waals surface area contributed by atoms with E-state index in [9.17, 15) is 0 Å². The molecular formula is C14H19N3S. The molecule has 2 rings (SSSR count). The molecule has 2 aromatic heterocycles. The Labute approximate surface area is 113 Å². The van der Waals surface area contributed by atoms with Crippen LogP contribution < -0.4 is 5.73 Å². The third-order valence-corrected chi connectivity index (χ3v) is 3.58. The number of rotatable bonds is 3. The van der Waals surface area contributed by atoms with E-state index in [0.717, 1.165) is 17.0 Å². The molecule has 0 amide bonds. The number of hydrogen-bond acceptors (Lipinski definition) is 2. The van der Waals surface area contributed by atoms with Crippen molar-refractivity contribution in [1.29, 1.82) is 0 Å². The van der Waals surface area contributed by atoms with Crippen LogP contribution in [0.1, 0.15) is 49.6 Å². The van der Waals surface area contributed by atoms with Crippen molar-refractivity contribution in [2.75, 3.05) is 0 Å². The van der Waals surface area contributed by atoms with Gasteiger partial charge in [0.25, 0.3) is 0 Å². The Morgan fingerprint density at radius 3 is 2.61 bits per heavy atom. The van der Waals surface area contributed by atoms with Crippen molar-refractivity contribution in [3.63, 3.8) is 0 Å². The van der Waals surface area contributed by atoms with Crippen LogP contribution in [-0.2, 0) is 0 Å². The highest BCUT2D eigenvalue weighted by Gasteiger charge is 2.21. The summed E-state index contributed by atoms with van der Waals surface area (Å²) < 4.78 is 2.10. The van der Waals surface area contributed by atoms with E-state index in [0.29, 0.717) is 10.9 Å². The molecule has 0 aromatic carbocycles. The van der Waals surface area contributed by atoms with Crippen LogP contribution in [0.25, 0.3) is 5.65 Å². The third-order valence-electron chi connectivity index (χ3n) is 3.23. The molecule has 2 heterocycles. The molecule has 2 aromatic rings. The lowest BCUT2D eigenvalue weighted by Crippen LogP contribution is -2.19. The van der Waals surface area contributed by atoms with Crippen molar-refractivity contribution in [1.82, 2.24) is 9.38 Å². The second kappa shape index (κ2) is 4.69. The van der Waals surface area contributed by atoms with Gasteiger partial charge >= 0.3 is 0 Å². The highest BCUT2D eigenvalue weighted by atomic mass is 32.1. The van der Waals surface area contributed by atoms with Gasteiger partial charge in [-0.25, -0.2) is 4.98 Å². The van der Waals surface area contributed by atoms with Crippen LogP contribution in [0, 0.1) is 6.92 Å². The van der Waals surface area contributed by atoms with Crippen LogP contribution in [0.2, 0.25) is 0 Å². The van der Waals surface area contributed by atoms with Gasteiger partial charge in [-0.1, -0.05) is 33.0 Å². The Bertz CT molecular complexity index is 598. The SMILES string of the molecule is Cc1ccn2c(C(C)C(N)=S)c(C(C)C)nc2c1. The van der Waals surface area contributed by atoms with Crippen molar-refractivity contribution < 1.29 is 0 Å². The van der Waals surface area contributed by atoms with Crippen molar-refractivity contribution in [3.05, 3.63) is 35.3 Å². The van der Waals surface area contributed by atoms with Crippen LogP contribution in [0.4, 0.5) is 0 Å². The second-order valence-electron chi connectivity index (χ2n) is 5.09. The van der Waals surface area contributed by atoms with Gasteiger partial charge in [0.2, 0.25) is 0 Å². The minimum absolute atomic E-state index is 0.0371. The second-order valence-corrected chi connectivity index (χ2v) is 5.56. The lowest BCUT2D eigenvalue weighted by Gasteiger charge is -2.13. The fourth-order valence-corrected chi connectivity index (χ4v) is 2.29. The maximum absolute atomic E-state index is 5.81. The summed E-state index contributed by atoms with van der Waals surface area (Å²) in [5, 5.41) is 0. The van der Waals surface area contributed by atoms with Crippen molar-refractivity contribution >= 4 is 22.9 Å². The van der Waals surface area contributed by atoms with Crippen molar-refractivity contribution in [3.8, 4) is 0 Å². The van der Waals surface area contributed by atoms with E-state index in [4.69, 9.17) is 22.9 Å². The van der Waals surface area contributed by atoms with Crippen LogP contribution in [0.3, 0.4) is 0 Å². The predicted molar refractivity (Wildman–Crippen MR) is 79.2 cm³/mol. The summed E-state index contributed by atoms with van der Waals surface area (Å²) in [6.45, 7) is 8.40. The van der Waals surface area contributed by atoms with Crippen LogP contribution in [0.15, 0.2) is 18.3 Å². The monoisotopic (exact) mass is 261 g/mol. The maximum atomic E-state index is 5.81. The largest absolute Gasteiger partial charge is 0.393 e. The van der Waals surface area contributed by atoms with Crippen LogP contribution in [-0.4, -0.2) is 14.4 Å². The molecule has 0 bridgehead atoms. The standard InChI is InChI=1S/C14H19N3S/c1-8(2)12-13(10(4)14(15)18)17-6-5-9(3)7-11(17)16-12/h5-8,10H,1-4H3,(H2,15,18). The molecule has 1 atom stereocenters. The van der Waals surface area contributed by atoms with Gasteiger partial charge in [-0.05, 0) is 30.5 Å². The average molecular weight is 261 g/mol. The first kappa shape index (κ1) is 13.0. The molecule has 0 saturated heterocycles. The average Bonchev–Trinajstić information content (AvgIpc) is 2.66. The Kier molecular flexibility index (Phi) is 3.39. The molecule has 18 heavy (non-hydrogen) atoms. The smallest absolute Gasteiger partial charge is 0.137 e. The summed E-state index contributed by atoms with van der Waals surface area (Å²) in [5.41, 5.74) is 10.2. The molecule has 0 spiro atoms. The number of hydrogen-bond donors (Lipinski definition) is 1. The molecule has 4 heteroatoms. The molecule has 0 aliphatic rings. The molecule has 96 valence electrons. The van der Waals surface area contributed by atoms with E-state index in [1.807, 2.05) is 13.1 Å². The van der Waals surface area contributed by atoms with E-state index >= 15 is 0 Å². The zero-order chi connectivity index (χ0) is 13.4. The number of nitrogens with zero attached hydrogens (tertiary/aromatic N) is 2. The van der Waals surface area contributed by atoms with E-state index in [-0.39, 0.29) is 5.92 Å². The number of nitrogens with two attached hydrogens (primary N) is 1. The number of fused-ring (bicyclic) bond motifs is 1. The number of thiocarbonyl (C=S) groups is 1. The van der Waals surface area contributed by atoms with E-state index < -0.39 is 0 Å². The summed E-state index contributed by atoms with van der Waals surface area (Å²) >= 11 is 5.14. The molecule has 0 aliphatic carbocycles. The van der Waals surface area contributed by atoms with Gasteiger partial charge < -0.3 is 10.1 Å². The van der Waals surface area contributed by atoms with Gasteiger partial charge in [0.15, 0.2) is 0 Å². The number of aryl methyl sites for hydroxylation is 1. The molecule has 0 saturated carbocycles. The molecule has 0 aliphatic heterocycles. The lowest BCUT2D eigenvalue weighted by molar-refractivity contribution is 0.791. The predicted octanol–water partition coefficient (Wildman–Crippen LogP) is 3.16. The van der Waals surface area contributed by atoms with Gasteiger partial charge in [-0.2, -0.15) is 0 Å². The molecule has 2 N–H and O–H groups in total.